The molecule has 238 valence electrons. The lowest BCUT2D eigenvalue weighted by atomic mass is 10.1. The number of benzene rings is 3. The van der Waals surface area contributed by atoms with Gasteiger partial charge in [0.2, 0.25) is 0 Å². The highest BCUT2D eigenvalue weighted by Gasteiger charge is 2.10. The van der Waals surface area contributed by atoms with Gasteiger partial charge in [0.25, 0.3) is 11.8 Å². The first kappa shape index (κ1) is 34.3. The molecule has 0 fully saturated rings. The fraction of sp³-hybridized carbons (Fsp3) is 0.444. The van der Waals surface area contributed by atoms with Gasteiger partial charge in [-0.05, 0) is 79.6 Å². The van der Waals surface area contributed by atoms with E-state index in [1.807, 2.05) is 48.5 Å². The molecule has 0 aliphatic carbocycles. The second-order valence-electron chi connectivity index (χ2n) is 10.6. The van der Waals surface area contributed by atoms with Crippen molar-refractivity contribution in [2.45, 2.75) is 65.2 Å². The van der Waals surface area contributed by atoms with Crippen molar-refractivity contribution in [3.8, 4) is 23.0 Å². The fourth-order valence-electron chi connectivity index (χ4n) is 4.37. The molecule has 0 saturated carbocycles. The third-order valence-corrected chi connectivity index (χ3v) is 6.88. The molecule has 0 radical (unpaired) electrons. The lowest BCUT2D eigenvalue weighted by Gasteiger charge is -2.11. The first-order valence-corrected chi connectivity index (χ1v) is 16.0. The molecule has 2 N–H and O–H groups in total. The molecular formula is C36H48N2O6. The van der Waals surface area contributed by atoms with Gasteiger partial charge in [-0.3, -0.25) is 9.59 Å². The highest BCUT2D eigenvalue weighted by atomic mass is 16.5. The number of rotatable bonds is 22. The lowest BCUT2D eigenvalue weighted by molar-refractivity contribution is 0.0946. The average Bonchev–Trinajstić information content (AvgIpc) is 3.06. The van der Waals surface area contributed by atoms with Crippen molar-refractivity contribution in [1.29, 1.82) is 0 Å². The Morgan fingerprint density at radius 2 is 0.864 bits per heavy atom. The number of ether oxygens (including phenoxy) is 4. The number of hydrogen-bond acceptors (Lipinski definition) is 6. The van der Waals surface area contributed by atoms with Crippen LogP contribution in [-0.2, 0) is 0 Å². The van der Waals surface area contributed by atoms with Crippen LogP contribution in [0.5, 0.6) is 23.0 Å². The van der Waals surface area contributed by atoms with E-state index < -0.39 is 0 Å². The minimum atomic E-state index is -0.271. The second kappa shape index (κ2) is 20.7. The van der Waals surface area contributed by atoms with E-state index in [-0.39, 0.29) is 11.8 Å². The summed E-state index contributed by atoms with van der Waals surface area (Å²) in [6.45, 7) is 7.11. The van der Waals surface area contributed by atoms with Crippen LogP contribution in [0.3, 0.4) is 0 Å². The van der Waals surface area contributed by atoms with Gasteiger partial charge in [0, 0.05) is 11.1 Å². The van der Waals surface area contributed by atoms with E-state index in [0.717, 1.165) is 24.3 Å². The molecule has 8 nitrogen and oxygen atoms in total. The maximum absolute atomic E-state index is 12.6. The van der Waals surface area contributed by atoms with Crippen LogP contribution in [0.2, 0.25) is 0 Å². The number of unbranched alkanes of at least 4 members (excludes halogenated alkanes) is 6. The van der Waals surface area contributed by atoms with Crippen LogP contribution in [0.1, 0.15) is 85.9 Å². The molecule has 0 aliphatic rings. The molecule has 0 atom stereocenters. The van der Waals surface area contributed by atoms with Crippen molar-refractivity contribution < 1.29 is 28.5 Å². The number of carbonyl (C=O) groups excluding carboxylic acids is 2. The van der Waals surface area contributed by atoms with Crippen molar-refractivity contribution in [3.05, 3.63) is 83.9 Å². The third-order valence-electron chi connectivity index (χ3n) is 6.88. The van der Waals surface area contributed by atoms with Crippen LogP contribution in [0.25, 0.3) is 0 Å². The number of hydrogen-bond donors (Lipinski definition) is 2. The van der Waals surface area contributed by atoms with Gasteiger partial charge >= 0.3 is 0 Å². The summed E-state index contributed by atoms with van der Waals surface area (Å²) in [6.07, 6.45) is 9.36. The molecular weight excluding hydrogens is 556 g/mol. The Hall–Kier alpha value is -4.20. The monoisotopic (exact) mass is 604 g/mol. The Balaban J connectivity index is 1.30. The molecule has 2 amide bonds. The summed E-state index contributed by atoms with van der Waals surface area (Å²) in [5.74, 6) is 2.52. The Morgan fingerprint density at radius 1 is 0.500 bits per heavy atom. The van der Waals surface area contributed by atoms with E-state index in [9.17, 15) is 9.59 Å². The van der Waals surface area contributed by atoms with Crippen LogP contribution in [0.15, 0.2) is 72.8 Å². The lowest BCUT2D eigenvalue weighted by Crippen LogP contribution is -2.30. The van der Waals surface area contributed by atoms with E-state index in [1.165, 1.54) is 38.5 Å². The zero-order valence-electron chi connectivity index (χ0n) is 26.3. The smallest absolute Gasteiger partial charge is 0.251 e. The highest BCUT2D eigenvalue weighted by molar-refractivity contribution is 5.99. The molecule has 44 heavy (non-hydrogen) atoms. The van der Waals surface area contributed by atoms with Crippen LogP contribution < -0.4 is 29.6 Å². The number of amides is 2. The van der Waals surface area contributed by atoms with E-state index in [0.29, 0.717) is 62.1 Å². The van der Waals surface area contributed by atoms with E-state index >= 15 is 0 Å². The predicted octanol–water partition coefficient (Wildman–Crippen LogP) is 7.22. The van der Waals surface area contributed by atoms with Gasteiger partial charge in [0.05, 0.1) is 26.3 Å². The topological polar surface area (TPSA) is 95.1 Å². The third kappa shape index (κ3) is 13.4. The van der Waals surface area contributed by atoms with E-state index in [2.05, 4.69) is 24.5 Å². The molecule has 0 heterocycles. The second-order valence-corrected chi connectivity index (χ2v) is 10.6. The van der Waals surface area contributed by atoms with Gasteiger partial charge in [-0.1, -0.05) is 58.4 Å². The molecule has 0 aliphatic heterocycles. The summed E-state index contributed by atoms with van der Waals surface area (Å²) in [5.41, 5.74) is 0.809. The van der Waals surface area contributed by atoms with E-state index in [1.54, 1.807) is 24.3 Å². The summed E-state index contributed by atoms with van der Waals surface area (Å²) in [6, 6.07) is 21.6. The van der Waals surface area contributed by atoms with E-state index in [4.69, 9.17) is 18.9 Å². The minimum Gasteiger partial charge on any atom is -0.494 e. The molecule has 3 rings (SSSR count). The van der Waals surface area contributed by atoms with Crippen LogP contribution in [0, 0.1) is 0 Å². The SMILES string of the molecule is CCCCCCOc1ccc(OCCNC(=O)c2cccc(C(=O)NCCOc3ccc(OCCCCCC)cc3)c2)cc1. The normalized spacial score (nSPS) is 10.6. The van der Waals surface area contributed by atoms with Crippen molar-refractivity contribution in [2.75, 3.05) is 39.5 Å². The van der Waals surface area contributed by atoms with Gasteiger partial charge in [0.15, 0.2) is 0 Å². The number of carbonyl (C=O) groups is 2. The Bertz CT molecular complexity index is 1140. The van der Waals surface area contributed by atoms with Gasteiger partial charge < -0.3 is 29.6 Å². The molecule has 0 bridgehead atoms. The van der Waals surface area contributed by atoms with Crippen molar-refractivity contribution in [1.82, 2.24) is 10.6 Å². The van der Waals surface area contributed by atoms with Crippen LogP contribution in [0.4, 0.5) is 0 Å². The Kier molecular flexibility index (Phi) is 16.1. The summed E-state index contributed by atoms with van der Waals surface area (Å²) in [4.78, 5) is 25.3. The predicted molar refractivity (Wildman–Crippen MR) is 174 cm³/mol. The molecule has 0 aromatic heterocycles. The largest absolute Gasteiger partial charge is 0.494 e. The highest BCUT2D eigenvalue weighted by Crippen LogP contribution is 2.19. The quantitative estimate of drug-likeness (QED) is 0.118. The Morgan fingerprint density at radius 3 is 1.23 bits per heavy atom. The first-order valence-electron chi connectivity index (χ1n) is 16.0. The van der Waals surface area contributed by atoms with Crippen molar-refractivity contribution in [2.24, 2.45) is 0 Å². The van der Waals surface area contributed by atoms with Crippen LogP contribution in [-0.4, -0.2) is 51.3 Å². The van der Waals surface area contributed by atoms with Gasteiger partial charge in [0.1, 0.15) is 36.2 Å². The minimum absolute atomic E-state index is 0.271. The summed E-state index contributed by atoms with van der Waals surface area (Å²) < 4.78 is 23.0. The standard InChI is InChI=1S/C36H48N2O6/c1-3-5-7-9-24-41-31-14-18-33(19-15-31)43-26-22-37-35(39)29-12-11-13-30(28-29)36(40)38-23-27-44-34-20-16-32(17-21-34)42-25-10-8-6-4-2/h11-21,28H,3-10,22-27H2,1-2H3,(H,37,39)(H,38,40). The summed E-state index contributed by atoms with van der Waals surface area (Å²) >= 11 is 0. The zero-order valence-corrected chi connectivity index (χ0v) is 26.3. The molecule has 3 aromatic carbocycles. The summed E-state index contributed by atoms with van der Waals surface area (Å²) in [5, 5.41) is 5.67. The first-order chi connectivity index (χ1) is 21.6. The molecule has 3 aromatic rings. The van der Waals surface area contributed by atoms with Crippen molar-refractivity contribution >= 4 is 11.8 Å². The van der Waals surface area contributed by atoms with Crippen molar-refractivity contribution in [3.63, 3.8) is 0 Å². The molecule has 0 unspecified atom stereocenters. The average molecular weight is 605 g/mol. The zero-order chi connectivity index (χ0) is 31.2. The fourth-order valence-corrected chi connectivity index (χ4v) is 4.37. The maximum atomic E-state index is 12.6. The molecule has 0 spiro atoms. The summed E-state index contributed by atoms with van der Waals surface area (Å²) in [7, 11) is 0. The number of nitrogens with one attached hydrogen (secondary N) is 2. The molecule has 8 heteroatoms. The molecule has 0 saturated heterocycles. The maximum Gasteiger partial charge on any atom is 0.251 e. The van der Waals surface area contributed by atoms with Gasteiger partial charge in [-0.2, -0.15) is 0 Å². The van der Waals surface area contributed by atoms with Crippen LogP contribution >= 0.6 is 0 Å². The van der Waals surface area contributed by atoms with Gasteiger partial charge in [-0.15, -0.1) is 0 Å². The van der Waals surface area contributed by atoms with Gasteiger partial charge in [-0.25, -0.2) is 0 Å². The Labute approximate surface area is 262 Å².